The number of aliphatic hydroxyl groups excluding tert-OH is 6. The highest BCUT2D eigenvalue weighted by Gasteiger charge is 2.72. The van der Waals surface area contributed by atoms with Crippen LogP contribution in [0.3, 0.4) is 0 Å². The van der Waals surface area contributed by atoms with Gasteiger partial charge in [0.1, 0.15) is 67.1 Å². The van der Waals surface area contributed by atoms with Gasteiger partial charge in [-0.05, 0) is 104 Å². The van der Waals surface area contributed by atoms with Crippen molar-refractivity contribution in [2.45, 2.75) is 255 Å². The number of allylic oxidation sites excluding steroid dienone is 2. The first-order valence-corrected chi connectivity index (χ1v) is 27.2. The largest absolute Gasteiger partial charge is 0.463 e. The highest BCUT2D eigenvalue weighted by atomic mass is 16.8. The van der Waals surface area contributed by atoms with Gasteiger partial charge in [-0.3, -0.25) is 4.79 Å². The van der Waals surface area contributed by atoms with Crippen molar-refractivity contribution in [3.05, 3.63) is 23.3 Å². The summed E-state index contributed by atoms with van der Waals surface area (Å²) in [5.74, 6) is -1.04. The summed E-state index contributed by atoms with van der Waals surface area (Å²) in [6, 6.07) is 0. The maximum absolute atomic E-state index is 13.5. The Hall–Kier alpha value is -2.26. The van der Waals surface area contributed by atoms with E-state index in [1.807, 2.05) is 20.8 Å². The fraction of sp³-hybridized carbons (Fsp3) is 0.889. The van der Waals surface area contributed by atoms with Crippen LogP contribution in [0.25, 0.3) is 0 Å². The van der Waals surface area contributed by atoms with Crippen LogP contribution in [0.1, 0.15) is 120 Å². The van der Waals surface area contributed by atoms with Crippen molar-refractivity contribution in [2.75, 3.05) is 20.8 Å². The topological polar surface area (TPSA) is 287 Å². The standard InChI is InChI=1S/C54H86O21/c1-12-24(2)49(62)72-38-20-34-33(54(63)18-16-32(53(38,54)9)25(3)66-29(7)56)14-13-30-19-31(15-17-52(30,34)8)70-39-21-35(64-10)46(26(4)67-39)73-40-22-36(65-11)47(27(5)68-40)74-50-45(61)43(59)48(28(6)69-50)75-51-44(60)42(58)41(57)37(23-55)71-51/h12-13,25-28,31-48,50-51,55,57-61,63H,14-23H2,1-11H3/b24-12+/t25?,26-,27-,28-,31+,32-,33-,34+,35+,36+,37-,38-,39+,40+,41-,42+,43-,44-,45-,46+,47+,48-,50+,51+,52+,53+,54+/m1/s1. The van der Waals surface area contributed by atoms with E-state index in [2.05, 4.69) is 13.0 Å². The van der Waals surface area contributed by atoms with Crippen LogP contribution in [0.2, 0.25) is 0 Å². The van der Waals surface area contributed by atoms with Gasteiger partial charge in [0.25, 0.3) is 0 Å². The quantitative estimate of drug-likeness (QED) is 0.0703. The zero-order chi connectivity index (χ0) is 54.6. The second kappa shape index (κ2) is 23.4. The van der Waals surface area contributed by atoms with E-state index in [1.54, 1.807) is 40.9 Å². The molecule has 8 rings (SSSR count). The van der Waals surface area contributed by atoms with Crippen LogP contribution in [0.5, 0.6) is 0 Å². The molecule has 0 aromatic carbocycles. The number of rotatable bonds is 15. The molecule has 3 saturated carbocycles. The van der Waals surface area contributed by atoms with E-state index in [9.17, 15) is 45.3 Å². The lowest BCUT2D eigenvalue weighted by atomic mass is 9.44. The number of esters is 2. The van der Waals surface area contributed by atoms with Crippen LogP contribution in [0.15, 0.2) is 23.3 Å². The Morgan fingerprint density at radius 2 is 1.33 bits per heavy atom. The predicted octanol–water partition coefficient (Wildman–Crippen LogP) is 2.23. The average Bonchev–Trinajstić information content (AvgIpc) is 3.71. The lowest BCUT2D eigenvalue weighted by molar-refractivity contribution is -0.372. The first-order valence-electron chi connectivity index (χ1n) is 27.2. The molecular formula is C54H86O21. The molecule has 4 aliphatic carbocycles. The van der Waals surface area contributed by atoms with Gasteiger partial charge in [0.05, 0.1) is 48.8 Å². The molecule has 0 aromatic heterocycles. The van der Waals surface area contributed by atoms with E-state index < -0.39 is 146 Å². The van der Waals surface area contributed by atoms with Crippen molar-refractivity contribution in [3.63, 3.8) is 0 Å². The number of carbonyl (C=O) groups excluding carboxylic acids is 2. The third-order valence-electron chi connectivity index (χ3n) is 19.0. The monoisotopic (exact) mass is 1070 g/mol. The molecule has 1 unspecified atom stereocenters. The zero-order valence-electron chi connectivity index (χ0n) is 45.4. The van der Waals surface area contributed by atoms with Crippen molar-refractivity contribution < 1.29 is 102 Å². The Morgan fingerprint density at radius 3 is 1.95 bits per heavy atom. The van der Waals surface area contributed by atoms with Gasteiger partial charge >= 0.3 is 11.9 Å². The summed E-state index contributed by atoms with van der Waals surface area (Å²) < 4.78 is 73.9. The summed E-state index contributed by atoms with van der Waals surface area (Å²) in [5.41, 5.74) is -0.511. The summed E-state index contributed by atoms with van der Waals surface area (Å²) >= 11 is 0. The summed E-state index contributed by atoms with van der Waals surface area (Å²) in [6.45, 7) is 15.7. The smallest absolute Gasteiger partial charge is 0.333 e. The third kappa shape index (κ3) is 11.0. The molecule has 4 heterocycles. The molecule has 75 heavy (non-hydrogen) atoms. The Labute approximate surface area is 440 Å². The second-order valence-electron chi connectivity index (χ2n) is 23.1. The van der Waals surface area contributed by atoms with Crippen LogP contribution in [-0.4, -0.2) is 203 Å². The second-order valence-corrected chi connectivity index (χ2v) is 23.1. The van der Waals surface area contributed by atoms with E-state index in [4.69, 9.17) is 56.8 Å². The van der Waals surface area contributed by atoms with Crippen LogP contribution in [0.4, 0.5) is 0 Å². The number of carbonyl (C=O) groups is 2. The fourth-order valence-electron chi connectivity index (χ4n) is 14.5. The molecule has 7 N–H and O–H groups in total. The predicted molar refractivity (Wildman–Crippen MR) is 262 cm³/mol. The summed E-state index contributed by atoms with van der Waals surface area (Å²) in [6.07, 6.45) is -11.4. The number of fused-ring (bicyclic) bond motifs is 5. The van der Waals surface area contributed by atoms with Crippen LogP contribution < -0.4 is 0 Å². The zero-order valence-corrected chi connectivity index (χ0v) is 45.4. The molecule has 428 valence electrons. The molecule has 0 amide bonds. The van der Waals surface area contributed by atoms with Gasteiger partial charge in [-0.2, -0.15) is 0 Å². The van der Waals surface area contributed by atoms with Gasteiger partial charge in [0, 0.05) is 50.9 Å². The number of hydrogen-bond acceptors (Lipinski definition) is 21. The molecule has 21 nitrogen and oxygen atoms in total. The van der Waals surface area contributed by atoms with Crippen molar-refractivity contribution in [3.8, 4) is 0 Å². The van der Waals surface area contributed by atoms with Crippen molar-refractivity contribution in [1.82, 2.24) is 0 Å². The molecule has 0 bridgehead atoms. The molecule has 21 heteroatoms. The summed E-state index contributed by atoms with van der Waals surface area (Å²) in [7, 11) is 3.14. The first-order chi connectivity index (χ1) is 35.4. The SMILES string of the molecule is C/C=C(\C)C(=O)O[C@@H]1C[C@H]2[C@@H](CC=C3C[C@@H](O[C@H]4C[C@H](OC)[C@@H](O[C@H]5C[C@H](OC)[C@@H](O[C@@H]6O[C@H](C)[C@@H](O[C@@H]7O[C@H](CO)[C@@H](O)[C@H](O)[C@H]7O)[C@H](O)[C@H]6O)[C@@H](C)O5)[C@@H](C)O4)CC[C@@]32C)[C@@]2(O)CC[C@H](C(C)OC(C)=O)[C@@]12C. The molecule has 0 aromatic rings. The maximum atomic E-state index is 13.5. The molecule has 8 aliphatic rings. The van der Waals surface area contributed by atoms with Crippen LogP contribution in [0, 0.1) is 28.6 Å². The molecule has 0 radical (unpaired) electrons. The Bertz CT molecular complexity index is 2040. The van der Waals surface area contributed by atoms with E-state index in [1.165, 1.54) is 19.6 Å². The summed E-state index contributed by atoms with van der Waals surface area (Å²) in [4.78, 5) is 25.7. The fourth-order valence-corrected chi connectivity index (χ4v) is 14.5. The normalized spacial score (nSPS) is 49.7. The van der Waals surface area contributed by atoms with Crippen molar-refractivity contribution >= 4 is 11.9 Å². The van der Waals surface area contributed by atoms with Gasteiger partial charge in [0.2, 0.25) is 0 Å². The van der Waals surface area contributed by atoms with Gasteiger partial charge in [-0.15, -0.1) is 0 Å². The molecule has 4 aliphatic heterocycles. The third-order valence-corrected chi connectivity index (χ3v) is 19.0. The molecule has 27 atom stereocenters. The van der Waals surface area contributed by atoms with Gasteiger partial charge in [-0.1, -0.05) is 31.6 Å². The van der Waals surface area contributed by atoms with Crippen LogP contribution >= 0.6 is 0 Å². The molecule has 4 saturated heterocycles. The lowest BCUT2D eigenvalue weighted by Crippen LogP contribution is -2.67. The minimum atomic E-state index is -1.73. The van der Waals surface area contributed by atoms with E-state index in [-0.39, 0.29) is 41.7 Å². The number of methoxy groups -OCH3 is 2. The number of ether oxygens (including phenoxy) is 12. The van der Waals surface area contributed by atoms with E-state index in [0.29, 0.717) is 44.1 Å². The minimum absolute atomic E-state index is 0.0292. The highest BCUT2D eigenvalue weighted by molar-refractivity contribution is 5.87. The van der Waals surface area contributed by atoms with E-state index in [0.717, 1.165) is 12.8 Å². The van der Waals surface area contributed by atoms with Crippen LogP contribution in [-0.2, 0) is 66.4 Å². The number of aliphatic hydroxyl groups is 7. The first kappa shape index (κ1) is 58.9. The van der Waals surface area contributed by atoms with Gasteiger partial charge in [0.15, 0.2) is 25.2 Å². The Morgan fingerprint density at radius 1 is 0.747 bits per heavy atom. The Balaban J connectivity index is 0.867. The average molecular weight is 1070 g/mol. The maximum Gasteiger partial charge on any atom is 0.333 e. The highest BCUT2D eigenvalue weighted by Crippen LogP contribution is 2.69. The Kier molecular flexibility index (Phi) is 18.4. The van der Waals surface area contributed by atoms with Gasteiger partial charge in [-0.25, -0.2) is 4.79 Å². The van der Waals surface area contributed by atoms with Crippen molar-refractivity contribution in [1.29, 1.82) is 0 Å². The van der Waals surface area contributed by atoms with Crippen molar-refractivity contribution in [2.24, 2.45) is 28.6 Å². The molecule has 7 fully saturated rings. The van der Waals surface area contributed by atoms with E-state index >= 15 is 0 Å². The molecular weight excluding hydrogens is 985 g/mol. The molecule has 0 spiro atoms. The van der Waals surface area contributed by atoms with Gasteiger partial charge < -0.3 is 92.6 Å². The minimum Gasteiger partial charge on any atom is -0.463 e. The lowest BCUT2D eigenvalue weighted by Gasteiger charge is -2.63. The number of hydrogen-bond donors (Lipinski definition) is 7. The summed E-state index contributed by atoms with van der Waals surface area (Å²) in [5, 5.41) is 76.0.